The maximum Gasteiger partial charge on any atom is 0.416 e. The van der Waals surface area contributed by atoms with Crippen molar-refractivity contribution in [1.82, 2.24) is 4.90 Å². The van der Waals surface area contributed by atoms with Gasteiger partial charge in [0.2, 0.25) is 5.76 Å². The Labute approximate surface area is 152 Å². The molecule has 2 aromatic rings. The Bertz CT molecular complexity index is 847. The van der Waals surface area contributed by atoms with Crippen LogP contribution in [0, 0.1) is 0 Å². The van der Waals surface area contributed by atoms with Gasteiger partial charge in [-0.05, 0) is 24.3 Å². The number of carbonyl (C=O) groups is 3. The number of cyclic esters (lactones) is 1. The number of halogens is 2. The van der Waals surface area contributed by atoms with E-state index >= 15 is 0 Å². The Kier molecular flexibility index (Phi) is 4.96. The van der Waals surface area contributed by atoms with Crippen molar-refractivity contribution in [2.45, 2.75) is 0 Å². The maximum atomic E-state index is 12.0. The molecule has 0 aliphatic carbocycles. The fraction of sp³-hybridized carbons (Fsp3) is 0.188. The highest BCUT2D eigenvalue weighted by atomic mass is 35.5. The number of nitrogens with zero attached hydrogens (tertiary/aromatic N) is 1. The Morgan fingerprint density at radius 2 is 2.00 bits per heavy atom. The summed E-state index contributed by atoms with van der Waals surface area (Å²) in [7, 11) is 0. The molecule has 9 heteroatoms. The van der Waals surface area contributed by atoms with Crippen molar-refractivity contribution in [2.24, 2.45) is 0 Å². The van der Waals surface area contributed by atoms with Crippen LogP contribution in [0.25, 0.3) is 11.3 Å². The van der Waals surface area contributed by atoms with Gasteiger partial charge >= 0.3 is 12.1 Å². The number of ether oxygens (including phenoxy) is 2. The highest BCUT2D eigenvalue weighted by Crippen LogP contribution is 2.34. The molecule has 0 atom stereocenters. The third-order valence-electron chi connectivity index (χ3n) is 3.41. The average molecular weight is 384 g/mol. The van der Waals surface area contributed by atoms with Crippen LogP contribution >= 0.6 is 23.2 Å². The lowest BCUT2D eigenvalue weighted by molar-refractivity contribution is -0.131. The van der Waals surface area contributed by atoms with Crippen molar-refractivity contribution in [3.8, 4) is 11.3 Å². The zero-order valence-corrected chi connectivity index (χ0v) is 14.2. The first kappa shape index (κ1) is 17.3. The van der Waals surface area contributed by atoms with Gasteiger partial charge in [0, 0.05) is 5.56 Å². The Balaban J connectivity index is 1.66. The largest absolute Gasteiger partial charge is 0.450 e. The van der Waals surface area contributed by atoms with E-state index in [9.17, 15) is 14.4 Å². The smallest absolute Gasteiger partial charge is 0.416 e. The quantitative estimate of drug-likeness (QED) is 0.752. The summed E-state index contributed by atoms with van der Waals surface area (Å²) >= 11 is 12.1. The summed E-state index contributed by atoms with van der Waals surface area (Å²) in [5.41, 5.74) is 0.518. The number of rotatable bonds is 4. The summed E-state index contributed by atoms with van der Waals surface area (Å²) in [4.78, 5) is 35.9. The van der Waals surface area contributed by atoms with Crippen LogP contribution in [-0.4, -0.2) is 42.6 Å². The topological polar surface area (TPSA) is 86.0 Å². The molecule has 0 radical (unpaired) electrons. The third-order valence-corrected chi connectivity index (χ3v) is 4.23. The monoisotopic (exact) mass is 383 g/mol. The molecule has 0 spiro atoms. The molecule has 1 aromatic heterocycles. The van der Waals surface area contributed by atoms with Gasteiger partial charge in [0.15, 0.2) is 6.61 Å². The number of hydrogen-bond donors (Lipinski definition) is 0. The molecular weight excluding hydrogens is 373 g/mol. The number of furan rings is 1. The minimum atomic E-state index is -0.842. The van der Waals surface area contributed by atoms with E-state index in [0.717, 1.165) is 4.90 Å². The normalized spacial score (nSPS) is 13.7. The first-order chi connectivity index (χ1) is 12.0. The van der Waals surface area contributed by atoms with Gasteiger partial charge in [-0.25, -0.2) is 14.5 Å². The summed E-state index contributed by atoms with van der Waals surface area (Å²) in [5.74, 6) is -1.29. The fourth-order valence-electron chi connectivity index (χ4n) is 2.18. The highest BCUT2D eigenvalue weighted by Gasteiger charge is 2.29. The van der Waals surface area contributed by atoms with Gasteiger partial charge in [-0.3, -0.25) is 4.79 Å². The van der Waals surface area contributed by atoms with Gasteiger partial charge in [-0.1, -0.05) is 29.3 Å². The molecular formula is C16H11Cl2NO6. The van der Waals surface area contributed by atoms with Crippen LogP contribution in [0.1, 0.15) is 10.6 Å². The number of hydrogen-bond acceptors (Lipinski definition) is 6. The first-order valence-corrected chi connectivity index (χ1v) is 7.91. The summed E-state index contributed by atoms with van der Waals surface area (Å²) < 4.78 is 14.9. The van der Waals surface area contributed by atoms with Crippen molar-refractivity contribution in [3.63, 3.8) is 0 Å². The number of amides is 2. The van der Waals surface area contributed by atoms with Crippen LogP contribution < -0.4 is 0 Å². The molecule has 0 saturated carbocycles. The second-order valence-electron chi connectivity index (χ2n) is 5.00. The van der Waals surface area contributed by atoms with E-state index in [-0.39, 0.29) is 18.9 Å². The van der Waals surface area contributed by atoms with Crippen LogP contribution in [0.15, 0.2) is 34.7 Å². The van der Waals surface area contributed by atoms with Gasteiger partial charge in [-0.15, -0.1) is 0 Å². The Hall–Kier alpha value is -2.51. The molecule has 1 aliphatic rings. The number of imide groups is 1. The van der Waals surface area contributed by atoms with E-state index in [1.807, 2.05) is 0 Å². The second-order valence-corrected chi connectivity index (χ2v) is 5.79. The number of benzene rings is 1. The summed E-state index contributed by atoms with van der Waals surface area (Å²) in [5, 5.41) is 0.643. The van der Waals surface area contributed by atoms with E-state index in [2.05, 4.69) is 4.74 Å². The summed E-state index contributed by atoms with van der Waals surface area (Å²) in [6, 6.07) is 7.93. The lowest BCUT2D eigenvalue weighted by Crippen LogP contribution is -2.35. The van der Waals surface area contributed by atoms with E-state index in [1.54, 1.807) is 18.2 Å². The Morgan fingerprint density at radius 3 is 2.72 bits per heavy atom. The molecule has 0 bridgehead atoms. The van der Waals surface area contributed by atoms with Gasteiger partial charge < -0.3 is 13.9 Å². The zero-order chi connectivity index (χ0) is 18.0. The molecule has 1 saturated heterocycles. The van der Waals surface area contributed by atoms with Crippen LogP contribution in [0.5, 0.6) is 0 Å². The van der Waals surface area contributed by atoms with Crippen molar-refractivity contribution in [2.75, 3.05) is 19.8 Å². The molecule has 1 aromatic carbocycles. The van der Waals surface area contributed by atoms with Crippen molar-refractivity contribution < 1.29 is 28.3 Å². The third kappa shape index (κ3) is 3.62. The molecule has 1 aliphatic heterocycles. The SMILES string of the molecule is O=C(OCC(=O)N1CCOC1=O)c1ccc(-c2cccc(Cl)c2Cl)o1. The molecule has 7 nitrogen and oxygen atoms in total. The van der Waals surface area contributed by atoms with Gasteiger partial charge in [-0.2, -0.15) is 0 Å². The number of esters is 1. The lowest BCUT2D eigenvalue weighted by atomic mass is 10.2. The van der Waals surface area contributed by atoms with Gasteiger partial charge in [0.25, 0.3) is 5.91 Å². The summed E-state index contributed by atoms with van der Waals surface area (Å²) in [6.07, 6.45) is -0.753. The minimum absolute atomic E-state index is 0.108. The average Bonchev–Trinajstić information content (AvgIpc) is 3.24. The van der Waals surface area contributed by atoms with Crippen LogP contribution in [0.4, 0.5) is 4.79 Å². The van der Waals surface area contributed by atoms with Crippen LogP contribution in [-0.2, 0) is 14.3 Å². The first-order valence-electron chi connectivity index (χ1n) is 7.16. The standard InChI is InChI=1S/C16H11Cl2NO6/c17-10-3-1-2-9(14(10)18)11-4-5-12(25-11)15(21)24-8-13(20)19-6-7-23-16(19)22/h1-5H,6-8H2. The van der Waals surface area contributed by atoms with Crippen molar-refractivity contribution >= 4 is 41.2 Å². The molecule has 130 valence electrons. The maximum absolute atomic E-state index is 12.0. The minimum Gasteiger partial charge on any atom is -0.450 e. The highest BCUT2D eigenvalue weighted by molar-refractivity contribution is 6.43. The van der Waals surface area contributed by atoms with E-state index in [1.165, 1.54) is 12.1 Å². The molecule has 0 unspecified atom stereocenters. The number of carbonyl (C=O) groups excluding carboxylic acids is 3. The van der Waals surface area contributed by atoms with Crippen molar-refractivity contribution in [1.29, 1.82) is 0 Å². The lowest BCUT2D eigenvalue weighted by Gasteiger charge is -2.10. The molecule has 25 heavy (non-hydrogen) atoms. The molecule has 1 fully saturated rings. The Morgan fingerprint density at radius 1 is 1.20 bits per heavy atom. The predicted octanol–water partition coefficient (Wildman–Crippen LogP) is 3.39. The van der Waals surface area contributed by atoms with E-state index in [0.29, 0.717) is 21.4 Å². The second kappa shape index (κ2) is 7.16. The van der Waals surface area contributed by atoms with E-state index < -0.39 is 24.6 Å². The van der Waals surface area contributed by atoms with Crippen molar-refractivity contribution in [3.05, 3.63) is 46.1 Å². The molecule has 0 N–H and O–H groups in total. The molecule has 2 heterocycles. The molecule has 2 amide bonds. The van der Waals surface area contributed by atoms with Gasteiger partial charge in [0.05, 0.1) is 16.6 Å². The molecule has 3 rings (SSSR count). The van der Waals surface area contributed by atoms with Crippen LogP contribution in [0.2, 0.25) is 10.0 Å². The predicted molar refractivity (Wildman–Crippen MR) is 87.5 cm³/mol. The van der Waals surface area contributed by atoms with Crippen LogP contribution in [0.3, 0.4) is 0 Å². The summed E-state index contributed by atoms with van der Waals surface area (Å²) in [6.45, 7) is -0.338. The van der Waals surface area contributed by atoms with E-state index in [4.69, 9.17) is 32.4 Å². The fourth-order valence-corrected chi connectivity index (χ4v) is 2.58. The van der Waals surface area contributed by atoms with Gasteiger partial charge in [0.1, 0.15) is 12.4 Å². The zero-order valence-electron chi connectivity index (χ0n) is 12.7.